The normalized spacial score (nSPS) is 9.89. The fourth-order valence-electron chi connectivity index (χ4n) is 1.38. The van der Waals surface area contributed by atoms with Crippen molar-refractivity contribution < 1.29 is 9.90 Å². The lowest BCUT2D eigenvalue weighted by Crippen LogP contribution is -2.26. The Balaban J connectivity index is 3.02. The summed E-state index contributed by atoms with van der Waals surface area (Å²) < 4.78 is 0. The van der Waals surface area contributed by atoms with Gasteiger partial charge in [-0.3, -0.25) is 4.79 Å². The average Bonchev–Trinajstić information content (AvgIpc) is 2.29. The molecular weight excluding hydrogens is 296 g/mol. The largest absolute Gasteiger partial charge is 0.481 e. The molecule has 3 nitrogen and oxygen atoms in total. The third kappa shape index (κ3) is 3.99. The predicted molar refractivity (Wildman–Crippen MR) is 74.8 cm³/mol. The van der Waals surface area contributed by atoms with E-state index in [-0.39, 0.29) is 19.5 Å². The van der Waals surface area contributed by atoms with Crippen LogP contribution in [0.1, 0.15) is 6.42 Å². The number of halogens is 3. The first-order chi connectivity index (χ1) is 8.45. The Morgan fingerprint density at radius 2 is 1.89 bits per heavy atom. The molecule has 18 heavy (non-hydrogen) atoms. The van der Waals surface area contributed by atoms with Crippen LogP contribution in [0.15, 0.2) is 12.1 Å². The van der Waals surface area contributed by atoms with Gasteiger partial charge in [0.2, 0.25) is 0 Å². The number of benzene rings is 1. The molecule has 0 fully saturated rings. The number of rotatable bonds is 5. The van der Waals surface area contributed by atoms with Crippen LogP contribution >= 0.6 is 34.8 Å². The summed E-state index contributed by atoms with van der Waals surface area (Å²) in [5.41, 5.74) is 0.574. The van der Waals surface area contributed by atoms with Gasteiger partial charge in [0.15, 0.2) is 0 Å². The van der Waals surface area contributed by atoms with Gasteiger partial charge >= 0.3 is 5.97 Å². The van der Waals surface area contributed by atoms with Crippen molar-refractivity contribution in [3.05, 3.63) is 27.2 Å². The minimum Gasteiger partial charge on any atom is -0.481 e. The number of terminal acetylenes is 1. The minimum atomic E-state index is -0.909. The van der Waals surface area contributed by atoms with E-state index in [0.29, 0.717) is 20.8 Å². The van der Waals surface area contributed by atoms with Gasteiger partial charge in [0.25, 0.3) is 0 Å². The zero-order valence-corrected chi connectivity index (χ0v) is 11.6. The Kier molecular flexibility index (Phi) is 5.61. The summed E-state index contributed by atoms with van der Waals surface area (Å²) in [6.45, 7) is 0.488. The molecule has 0 saturated heterocycles. The molecule has 0 aliphatic heterocycles. The van der Waals surface area contributed by atoms with Crippen molar-refractivity contribution in [2.24, 2.45) is 0 Å². The summed E-state index contributed by atoms with van der Waals surface area (Å²) in [4.78, 5) is 12.3. The highest BCUT2D eigenvalue weighted by Gasteiger charge is 2.13. The van der Waals surface area contributed by atoms with Gasteiger partial charge in [-0.25, -0.2) is 0 Å². The molecule has 0 saturated carbocycles. The van der Waals surface area contributed by atoms with Gasteiger partial charge in [0.1, 0.15) is 0 Å². The fourth-order valence-corrected chi connectivity index (χ4v) is 2.04. The fraction of sp³-hybridized carbons (Fsp3) is 0.250. The van der Waals surface area contributed by atoms with Crippen molar-refractivity contribution >= 4 is 46.5 Å². The lowest BCUT2D eigenvalue weighted by atomic mass is 10.2. The van der Waals surface area contributed by atoms with E-state index in [0.717, 1.165) is 0 Å². The molecule has 1 N–H and O–H groups in total. The highest BCUT2D eigenvalue weighted by Crippen LogP contribution is 2.34. The Morgan fingerprint density at radius 3 is 2.44 bits per heavy atom. The Labute approximate surface area is 120 Å². The van der Waals surface area contributed by atoms with E-state index in [4.69, 9.17) is 46.3 Å². The summed E-state index contributed by atoms with van der Waals surface area (Å²) in [7, 11) is 0. The lowest BCUT2D eigenvalue weighted by Gasteiger charge is -2.23. The van der Waals surface area contributed by atoms with Crippen molar-refractivity contribution in [2.45, 2.75) is 6.42 Å². The van der Waals surface area contributed by atoms with Gasteiger partial charge in [-0.2, -0.15) is 0 Å². The van der Waals surface area contributed by atoms with E-state index < -0.39 is 5.97 Å². The smallest absolute Gasteiger partial charge is 0.305 e. The summed E-state index contributed by atoms with van der Waals surface area (Å²) >= 11 is 17.8. The van der Waals surface area contributed by atoms with Crippen LogP contribution in [-0.4, -0.2) is 24.2 Å². The van der Waals surface area contributed by atoms with E-state index in [1.807, 2.05) is 0 Å². The second kappa shape index (κ2) is 6.75. The SMILES string of the molecule is C#CCN(CCC(=O)O)c1cc(Cl)c(Cl)cc1Cl. The molecule has 1 rings (SSSR count). The van der Waals surface area contributed by atoms with Gasteiger partial charge in [0, 0.05) is 6.54 Å². The third-order valence-corrected chi connectivity index (χ3v) is 3.23. The second-order valence-corrected chi connectivity index (χ2v) is 4.71. The zero-order chi connectivity index (χ0) is 13.7. The maximum Gasteiger partial charge on any atom is 0.305 e. The summed E-state index contributed by atoms with van der Waals surface area (Å²) in [6.07, 6.45) is 5.21. The predicted octanol–water partition coefficient (Wildman–Crippen LogP) is 3.56. The van der Waals surface area contributed by atoms with E-state index in [1.165, 1.54) is 6.07 Å². The van der Waals surface area contributed by atoms with Gasteiger partial charge in [0.05, 0.1) is 33.7 Å². The van der Waals surface area contributed by atoms with Crippen molar-refractivity contribution in [1.29, 1.82) is 0 Å². The van der Waals surface area contributed by atoms with Crippen LogP contribution < -0.4 is 4.90 Å². The highest BCUT2D eigenvalue weighted by molar-refractivity contribution is 6.44. The van der Waals surface area contributed by atoms with E-state index in [1.54, 1.807) is 11.0 Å². The number of nitrogens with zero attached hydrogens (tertiary/aromatic N) is 1. The van der Waals surface area contributed by atoms with Crippen LogP contribution in [0.3, 0.4) is 0 Å². The van der Waals surface area contributed by atoms with Crippen LogP contribution in [0, 0.1) is 12.3 Å². The number of aliphatic carboxylic acids is 1. The monoisotopic (exact) mass is 305 g/mol. The molecule has 0 bridgehead atoms. The van der Waals surface area contributed by atoms with Crippen LogP contribution in [-0.2, 0) is 4.79 Å². The summed E-state index contributed by atoms with van der Waals surface area (Å²) in [5.74, 6) is 1.54. The quantitative estimate of drug-likeness (QED) is 0.668. The second-order valence-electron chi connectivity index (χ2n) is 3.49. The molecule has 0 atom stereocenters. The first-order valence-corrected chi connectivity index (χ1v) is 6.14. The van der Waals surface area contributed by atoms with Crippen molar-refractivity contribution in [2.75, 3.05) is 18.0 Å². The topological polar surface area (TPSA) is 40.5 Å². The average molecular weight is 307 g/mol. The molecule has 1 aromatic rings. The highest BCUT2D eigenvalue weighted by atomic mass is 35.5. The number of hydrogen-bond donors (Lipinski definition) is 1. The molecule has 6 heteroatoms. The lowest BCUT2D eigenvalue weighted by molar-refractivity contribution is -0.136. The standard InChI is InChI=1S/C12H10Cl3NO2/c1-2-4-16(5-3-12(17)18)11-7-9(14)8(13)6-10(11)15/h1,6-7H,3-5H2,(H,17,18). The van der Waals surface area contributed by atoms with E-state index >= 15 is 0 Å². The number of anilines is 1. The first kappa shape index (κ1) is 15.0. The van der Waals surface area contributed by atoms with Crippen LogP contribution in [0.5, 0.6) is 0 Å². The van der Waals surface area contributed by atoms with Crippen molar-refractivity contribution in [1.82, 2.24) is 0 Å². The van der Waals surface area contributed by atoms with Gasteiger partial charge in [-0.1, -0.05) is 40.7 Å². The number of carboxylic acids is 1. The van der Waals surface area contributed by atoms with E-state index in [9.17, 15) is 4.79 Å². The molecule has 1 aromatic carbocycles. The van der Waals surface area contributed by atoms with E-state index in [2.05, 4.69) is 5.92 Å². The Morgan fingerprint density at radius 1 is 1.28 bits per heavy atom. The molecule has 0 aliphatic carbocycles. The molecule has 0 aromatic heterocycles. The molecule has 96 valence electrons. The number of carboxylic acid groups (broad SMARTS) is 1. The van der Waals surface area contributed by atoms with Gasteiger partial charge < -0.3 is 10.0 Å². The van der Waals surface area contributed by atoms with Crippen molar-refractivity contribution in [3.63, 3.8) is 0 Å². The molecule has 0 radical (unpaired) electrons. The Bertz CT molecular complexity index is 497. The molecule has 0 heterocycles. The zero-order valence-electron chi connectivity index (χ0n) is 9.29. The summed E-state index contributed by atoms with van der Waals surface area (Å²) in [6, 6.07) is 3.08. The van der Waals surface area contributed by atoms with Gasteiger partial charge in [-0.15, -0.1) is 6.42 Å². The molecular formula is C12H10Cl3NO2. The molecule has 0 unspecified atom stereocenters. The minimum absolute atomic E-state index is 0.0434. The third-order valence-electron chi connectivity index (χ3n) is 2.21. The van der Waals surface area contributed by atoms with Crippen LogP contribution in [0.2, 0.25) is 15.1 Å². The number of carbonyl (C=O) groups is 1. The molecule has 0 aliphatic rings. The van der Waals surface area contributed by atoms with Crippen molar-refractivity contribution in [3.8, 4) is 12.3 Å². The summed E-state index contributed by atoms with van der Waals surface area (Å²) in [5, 5.41) is 9.75. The maximum absolute atomic E-state index is 10.6. The van der Waals surface area contributed by atoms with Crippen LogP contribution in [0.4, 0.5) is 5.69 Å². The van der Waals surface area contributed by atoms with Gasteiger partial charge in [-0.05, 0) is 12.1 Å². The van der Waals surface area contributed by atoms with Crippen LogP contribution in [0.25, 0.3) is 0 Å². The molecule has 0 spiro atoms. The molecule has 0 amide bonds. The maximum atomic E-state index is 10.6. The Hall–Kier alpha value is -1.08. The number of hydrogen-bond acceptors (Lipinski definition) is 2. The first-order valence-electron chi connectivity index (χ1n) is 5.00.